The van der Waals surface area contributed by atoms with E-state index in [9.17, 15) is 5.11 Å². The minimum absolute atomic E-state index is 0.00639. The minimum atomic E-state index is -0.190. The predicted molar refractivity (Wildman–Crippen MR) is 76.9 cm³/mol. The third-order valence-corrected chi connectivity index (χ3v) is 4.60. The molecule has 1 heterocycles. The van der Waals surface area contributed by atoms with Gasteiger partial charge in [-0.3, -0.25) is 0 Å². The number of ether oxygens (including phenoxy) is 2. The van der Waals surface area contributed by atoms with Gasteiger partial charge < -0.3 is 19.9 Å². The summed E-state index contributed by atoms with van der Waals surface area (Å²) in [5, 5.41) is 13.7. The molecule has 4 nitrogen and oxygen atoms in total. The smallest absolute Gasteiger partial charge is 0.231 e. The van der Waals surface area contributed by atoms with E-state index in [1.54, 1.807) is 0 Å². The highest BCUT2D eigenvalue weighted by Gasteiger charge is 2.34. The van der Waals surface area contributed by atoms with Crippen LogP contribution in [-0.2, 0) is 6.54 Å². The van der Waals surface area contributed by atoms with E-state index in [1.165, 1.54) is 6.42 Å². The van der Waals surface area contributed by atoms with Gasteiger partial charge in [0.25, 0.3) is 0 Å². The van der Waals surface area contributed by atoms with Gasteiger partial charge in [0.15, 0.2) is 11.5 Å². The van der Waals surface area contributed by atoms with Crippen LogP contribution in [0.25, 0.3) is 0 Å². The van der Waals surface area contributed by atoms with Crippen molar-refractivity contribution in [2.24, 2.45) is 5.41 Å². The van der Waals surface area contributed by atoms with E-state index in [2.05, 4.69) is 18.3 Å². The number of rotatable bonds is 4. The van der Waals surface area contributed by atoms with Crippen LogP contribution in [0, 0.1) is 5.41 Å². The lowest BCUT2D eigenvalue weighted by Gasteiger charge is -2.38. The zero-order valence-electron chi connectivity index (χ0n) is 12.0. The van der Waals surface area contributed by atoms with Gasteiger partial charge in [-0.15, -0.1) is 0 Å². The number of aliphatic hydroxyl groups excluding tert-OH is 1. The van der Waals surface area contributed by atoms with E-state index in [-0.39, 0.29) is 11.5 Å². The molecule has 110 valence electrons. The largest absolute Gasteiger partial charge is 0.454 e. The van der Waals surface area contributed by atoms with Gasteiger partial charge in [-0.25, -0.2) is 0 Å². The summed E-state index contributed by atoms with van der Waals surface area (Å²) < 4.78 is 10.9. The number of benzene rings is 1. The highest BCUT2D eigenvalue weighted by atomic mass is 16.7. The standard InChI is InChI=1S/C16H23NO3/c1-16(8-3-2-7-14(16)18)10-17-9-12-5-4-6-13-15(12)20-11-19-13/h4-6,14,17-18H,2-3,7-11H2,1H3. The minimum Gasteiger partial charge on any atom is -0.454 e. The van der Waals surface area contributed by atoms with Gasteiger partial charge >= 0.3 is 0 Å². The van der Waals surface area contributed by atoms with Gasteiger partial charge in [0.2, 0.25) is 6.79 Å². The zero-order chi connectivity index (χ0) is 14.0. The molecule has 0 amide bonds. The molecule has 1 saturated carbocycles. The van der Waals surface area contributed by atoms with E-state index in [0.29, 0.717) is 6.79 Å². The van der Waals surface area contributed by atoms with Crippen LogP contribution < -0.4 is 14.8 Å². The van der Waals surface area contributed by atoms with E-state index >= 15 is 0 Å². The summed E-state index contributed by atoms with van der Waals surface area (Å²) in [6.07, 6.45) is 4.19. The molecular formula is C16H23NO3. The fourth-order valence-electron chi connectivity index (χ4n) is 3.20. The Balaban J connectivity index is 1.59. The van der Waals surface area contributed by atoms with Crippen LogP contribution in [0.5, 0.6) is 11.5 Å². The molecule has 2 N–H and O–H groups in total. The molecule has 0 aromatic heterocycles. The molecule has 0 bridgehead atoms. The molecule has 20 heavy (non-hydrogen) atoms. The Labute approximate surface area is 120 Å². The summed E-state index contributed by atoms with van der Waals surface area (Å²) in [6, 6.07) is 5.97. The van der Waals surface area contributed by atoms with Crippen LogP contribution in [0.3, 0.4) is 0 Å². The highest BCUT2D eigenvalue weighted by molar-refractivity contribution is 5.48. The summed E-state index contributed by atoms with van der Waals surface area (Å²) >= 11 is 0. The molecule has 0 saturated heterocycles. The van der Waals surface area contributed by atoms with Gasteiger partial charge in [0, 0.05) is 24.1 Å². The average molecular weight is 277 g/mol. The molecule has 1 fully saturated rings. The maximum absolute atomic E-state index is 10.2. The van der Waals surface area contributed by atoms with Crippen molar-refractivity contribution in [3.05, 3.63) is 23.8 Å². The van der Waals surface area contributed by atoms with Crippen LogP contribution in [-0.4, -0.2) is 24.5 Å². The summed E-state index contributed by atoms with van der Waals surface area (Å²) in [4.78, 5) is 0. The molecule has 4 heteroatoms. The molecule has 1 aliphatic heterocycles. The number of aliphatic hydroxyl groups is 1. The van der Waals surface area contributed by atoms with Gasteiger partial charge in [0.05, 0.1) is 6.10 Å². The molecule has 1 aliphatic carbocycles. The van der Waals surface area contributed by atoms with Gasteiger partial charge in [0.1, 0.15) is 0 Å². The van der Waals surface area contributed by atoms with Crippen molar-refractivity contribution in [1.82, 2.24) is 5.32 Å². The lowest BCUT2D eigenvalue weighted by atomic mass is 9.73. The van der Waals surface area contributed by atoms with Crippen molar-refractivity contribution in [3.8, 4) is 11.5 Å². The second kappa shape index (κ2) is 5.62. The normalized spacial score (nSPS) is 28.6. The first-order chi connectivity index (χ1) is 9.69. The fraction of sp³-hybridized carbons (Fsp3) is 0.625. The molecule has 1 aromatic carbocycles. The summed E-state index contributed by atoms with van der Waals surface area (Å²) in [5.74, 6) is 1.68. The van der Waals surface area contributed by atoms with Crippen molar-refractivity contribution in [2.75, 3.05) is 13.3 Å². The van der Waals surface area contributed by atoms with Gasteiger partial charge in [-0.1, -0.05) is 31.9 Å². The SMILES string of the molecule is CC1(CNCc2cccc3c2OCO3)CCCCC1O. The molecule has 3 rings (SSSR count). The Bertz CT molecular complexity index is 477. The molecule has 0 radical (unpaired) electrons. The molecule has 0 spiro atoms. The first kappa shape index (κ1) is 13.7. The third-order valence-electron chi connectivity index (χ3n) is 4.60. The topological polar surface area (TPSA) is 50.7 Å². The number of hydrogen-bond donors (Lipinski definition) is 2. The lowest BCUT2D eigenvalue weighted by Crippen LogP contribution is -2.43. The Kier molecular flexibility index (Phi) is 3.85. The lowest BCUT2D eigenvalue weighted by molar-refractivity contribution is 0.00113. The molecular weight excluding hydrogens is 254 g/mol. The Hall–Kier alpha value is -1.26. The fourth-order valence-corrected chi connectivity index (χ4v) is 3.20. The highest BCUT2D eigenvalue weighted by Crippen LogP contribution is 2.37. The maximum atomic E-state index is 10.2. The first-order valence-corrected chi connectivity index (χ1v) is 7.45. The second-order valence-corrected chi connectivity index (χ2v) is 6.17. The quantitative estimate of drug-likeness (QED) is 0.887. The summed E-state index contributed by atoms with van der Waals surface area (Å²) in [5.41, 5.74) is 1.11. The zero-order valence-corrected chi connectivity index (χ0v) is 12.0. The molecule has 2 aliphatic rings. The predicted octanol–water partition coefficient (Wildman–Crippen LogP) is 2.45. The molecule has 1 aromatic rings. The number of hydrogen-bond acceptors (Lipinski definition) is 4. The summed E-state index contributed by atoms with van der Waals surface area (Å²) in [7, 11) is 0. The van der Waals surface area contributed by atoms with E-state index in [0.717, 1.165) is 49.4 Å². The van der Waals surface area contributed by atoms with Crippen molar-refractivity contribution in [3.63, 3.8) is 0 Å². The van der Waals surface area contributed by atoms with Crippen LogP contribution in [0.15, 0.2) is 18.2 Å². The van der Waals surface area contributed by atoms with Gasteiger partial charge in [-0.2, -0.15) is 0 Å². The first-order valence-electron chi connectivity index (χ1n) is 7.45. The molecule has 2 atom stereocenters. The Morgan fingerprint density at radius 2 is 2.25 bits per heavy atom. The van der Waals surface area contributed by atoms with Crippen molar-refractivity contribution < 1.29 is 14.6 Å². The number of nitrogens with one attached hydrogen (secondary N) is 1. The number of fused-ring (bicyclic) bond motifs is 1. The van der Waals surface area contributed by atoms with Crippen molar-refractivity contribution in [2.45, 2.75) is 45.3 Å². The second-order valence-electron chi connectivity index (χ2n) is 6.17. The Morgan fingerprint density at radius 3 is 3.10 bits per heavy atom. The third kappa shape index (κ3) is 2.63. The van der Waals surface area contributed by atoms with Crippen LogP contribution in [0.2, 0.25) is 0 Å². The van der Waals surface area contributed by atoms with E-state index < -0.39 is 0 Å². The van der Waals surface area contributed by atoms with Crippen LogP contribution in [0.4, 0.5) is 0 Å². The number of para-hydroxylation sites is 1. The van der Waals surface area contributed by atoms with E-state index in [1.807, 2.05) is 12.1 Å². The van der Waals surface area contributed by atoms with Crippen LogP contribution >= 0.6 is 0 Å². The van der Waals surface area contributed by atoms with E-state index in [4.69, 9.17) is 9.47 Å². The summed E-state index contributed by atoms with van der Waals surface area (Å²) in [6.45, 7) is 4.06. The Morgan fingerprint density at radius 1 is 1.35 bits per heavy atom. The van der Waals surface area contributed by atoms with Crippen molar-refractivity contribution >= 4 is 0 Å². The monoisotopic (exact) mass is 277 g/mol. The van der Waals surface area contributed by atoms with Gasteiger partial charge in [-0.05, 0) is 18.9 Å². The molecule has 2 unspecified atom stereocenters. The average Bonchev–Trinajstić information content (AvgIpc) is 2.92. The maximum Gasteiger partial charge on any atom is 0.231 e. The van der Waals surface area contributed by atoms with Crippen LogP contribution in [0.1, 0.15) is 38.2 Å². The van der Waals surface area contributed by atoms with Crippen molar-refractivity contribution in [1.29, 1.82) is 0 Å².